The number of rotatable bonds is 6. The van der Waals surface area contributed by atoms with Crippen molar-refractivity contribution < 1.29 is 43.2 Å². The third-order valence-electron chi connectivity index (χ3n) is 8.66. The summed E-state index contributed by atoms with van der Waals surface area (Å²) in [5.41, 5.74) is 10.4. The fourth-order valence-electron chi connectivity index (χ4n) is 6.59. The van der Waals surface area contributed by atoms with Crippen molar-refractivity contribution in [1.82, 2.24) is 4.98 Å². The Balaban J connectivity index is 0.000000464. The van der Waals surface area contributed by atoms with Gasteiger partial charge >= 0.3 is 6.18 Å². The number of thiophene rings is 1. The quantitative estimate of drug-likeness (QED) is 0.105. The predicted octanol–water partition coefficient (Wildman–Crippen LogP) is 12.9. The van der Waals surface area contributed by atoms with E-state index in [9.17, 15) is 23.2 Å². The SMILES string of the molecule is CC(C)C/C(O)=C/C(=O)C(F)(F)F.Cc1cc(CC(C)(C)C)cc(C)c1-c1sc2c(-c3[c-]c4ccccc4c(C(C)(C)C)c3)ncc(C#N)c2c1C.[Ir]. The Kier molecular flexibility index (Phi) is 13.7. The molecule has 53 heavy (non-hydrogen) atoms. The minimum Gasteiger partial charge on any atom is -0.512 e. The van der Waals surface area contributed by atoms with Crippen LogP contribution in [0, 0.1) is 49.5 Å². The molecule has 1 N–H and O–H groups in total. The number of nitriles is 1. The van der Waals surface area contributed by atoms with Crippen molar-refractivity contribution in [2.75, 3.05) is 0 Å². The van der Waals surface area contributed by atoms with Crippen LogP contribution in [0.25, 0.3) is 42.6 Å². The largest absolute Gasteiger partial charge is 0.512 e. The summed E-state index contributed by atoms with van der Waals surface area (Å²) in [5, 5.41) is 22.3. The van der Waals surface area contributed by atoms with Gasteiger partial charge < -0.3 is 5.11 Å². The number of halogens is 3. The fourth-order valence-corrected chi connectivity index (χ4v) is 8.09. The number of fused-ring (bicyclic) bond motifs is 2. The van der Waals surface area contributed by atoms with E-state index in [1.165, 1.54) is 38.1 Å². The molecule has 1 radical (unpaired) electrons. The molecule has 0 fully saturated rings. The Morgan fingerprint density at radius 3 is 2.15 bits per heavy atom. The zero-order valence-corrected chi connectivity index (χ0v) is 35.5. The molecule has 9 heteroatoms. The van der Waals surface area contributed by atoms with E-state index >= 15 is 0 Å². The first-order valence-electron chi connectivity index (χ1n) is 17.4. The minimum atomic E-state index is -4.90. The van der Waals surface area contributed by atoms with Crippen LogP contribution in [0.5, 0.6) is 0 Å². The number of pyridine rings is 1. The molecule has 0 amide bonds. The van der Waals surface area contributed by atoms with Crippen molar-refractivity contribution >= 4 is 38.0 Å². The molecule has 2 heterocycles. The van der Waals surface area contributed by atoms with Gasteiger partial charge in [-0.05, 0) is 71.8 Å². The maximum Gasteiger partial charge on any atom is 0.454 e. The molecule has 0 aliphatic carbocycles. The summed E-state index contributed by atoms with van der Waals surface area (Å²) in [4.78, 5) is 16.4. The van der Waals surface area contributed by atoms with Crippen LogP contribution in [0.1, 0.15) is 95.2 Å². The van der Waals surface area contributed by atoms with E-state index in [0.717, 1.165) is 38.7 Å². The maximum absolute atomic E-state index is 11.6. The van der Waals surface area contributed by atoms with Crippen LogP contribution in [0.15, 0.2) is 60.5 Å². The molecule has 283 valence electrons. The van der Waals surface area contributed by atoms with Gasteiger partial charge in [0.05, 0.1) is 11.3 Å². The van der Waals surface area contributed by atoms with Gasteiger partial charge in [-0.1, -0.05) is 96.7 Å². The number of ketones is 1. The molecule has 2 aromatic heterocycles. The first-order valence-corrected chi connectivity index (χ1v) is 18.2. The van der Waals surface area contributed by atoms with Crippen molar-refractivity contribution in [3.05, 3.63) is 99.9 Å². The third kappa shape index (κ3) is 10.4. The van der Waals surface area contributed by atoms with Crippen LogP contribution in [-0.4, -0.2) is 22.1 Å². The zero-order chi connectivity index (χ0) is 38.9. The monoisotopic (exact) mass is 918 g/mol. The van der Waals surface area contributed by atoms with Gasteiger partial charge in [0.1, 0.15) is 6.07 Å². The Hall–Kier alpha value is -3.83. The van der Waals surface area contributed by atoms with Crippen molar-refractivity contribution in [1.29, 1.82) is 5.26 Å². The van der Waals surface area contributed by atoms with E-state index in [1.807, 2.05) is 0 Å². The number of nitrogens with zero attached hydrogens (tertiary/aromatic N) is 2. The van der Waals surface area contributed by atoms with Gasteiger partial charge in [0, 0.05) is 59.5 Å². The predicted molar refractivity (Wildman–Crippen MR) is 209 cm³/mol. The summed E-state index contributed by atoms with van der Waals surface area (Å²) >= 11 is 1.76. The summed E-state index contributed by atoms with van der Waals surface area (Å²) in [5.74, 6) is -2.54. The molecule has 0 saturated carbocycles. The topological polar surface area (TPSA) is 74.0 Å². The minimum absolute atomic E-state index is 0. The number of aryl methyl sites for hydroxylation is 3. The third-order valence-corrected chi connectivity index (χ3v) is 9.98. The number of alkyl halides is 3. The van der Waals surface area contributed by atoms with Crippen molar-refractivity contribution in [3.8, 4) is 27.8 Å². The van der Waals surface area contributed by atoms with Crippen LogP contribution in [0.2, 0.25) is 0 Å². The number of aromatic nitrogens is 1. The number of carbonyl (C=O) groups is 1. The molecule has 0 unspecified atom stereocenters. The summed E-state index contributed by atoms with van der Waals surface area (Å²) in [6, 6.07) is 21.5. The van der Waals surface area contributed by atoms with Gasteiger partial charge in [-0.2, -0.15) is 18.4 Å². The van der Waals surface area contributed by atoms with E-state index < -0.39 is 17.7 Å². The standard InChI is InChI=1S/C36H37N2S.C8H11F3O2.Ir/c1-21-14-24(18-35(4,5)6)15-22(2)30(21)33-23(3)31-27(19-37)20-38-32(34(31)39-33)26-16-25-12-10-11-13-28(25)29(17-26)36(7,8)9;1-5(2)3-6(12)4-7(13)8(9,10)11;/h10-15,17,20H,18H2,1-9H3;4-5,12H,3H2,1-2H3;/q-1;;/b;6-4-;. The summed E-state index contributed by atoms with van der Waals surface area (Å²) in [7, 11) is 0. The number of allylic oxidation sites excluding steroid dienone is 2. The van der Waals surface area contributed by atoms with Crippen molar-refractivity contribution in [2.24, 2.45) is 11.3 Å². The summed E-state index contributed by atoms with van der Waals surface area (Å²) < 4.78 is 36.0. The fraction of sp³-hybridized carbons (Fsp3) is 0.386. The first kappa shape index (κ1) is 43.6. The van der Waals surface area contributed by atoms with Gasteiger partial charge in [-0.25, -0.2) is 0 Å². The smallest absolute Gasteiger partial charge is 0.454 e. The number of hydrogen-bond acceptors (Lipinski definition) is 5. The molecular formula is C44H48F3IrN2O2S-. The number of hydrogen-bond donors (Lipinski definition) is 1. The average molecular weight is 918 g/mol. The number of carbonyl (C=O) groups excluding carboxylic acids is 1. The second-order valence-corrected chi connectivity index (χ2v) is 17.2. The van der Waals surface area contributed by atoms with Crippen molar-refractivity contribution in [2.45, 2.75) is 101 Å². The second kappa shape index (κ2) is 16.7. The van der Waals surface area contributed by atoms with Gasteiger partial charge in [0.2, 0.25) is 0 Å². The molecule has 0 aliphatic rings. The Labute approximate surface area is 329 Å². The van der Waals surface area contributed by atoms with Crippen LogP contribution in [0.3, 0.4) is 0 Å². The van der Waals surface area contributed by atoms with Crippen LogP contribution in [0.4, 0.5) is 13.2 Å². The van der Waals surface area contributed by atoms with Crippen LogP contribution >= 0.6 is 11.3 Å². The first-order chi connectivity index (χ1) is 24.0. The van der Waals surface area contributed by atoms with E-state index in [2.05, 4.69) is 117 Å². The van der Waals surface area contributed by atoms with E-state index in [-0.39, 0.29) is 49.4 Å². The number of benzene rings is 3. The van der Waals surface area contributed by atoms with Gasteiger partial charge in [-0.15, -0.1) is 40.5 Å². The molecule has 5 rings (SSSR count). The van der Waals surface area contributed by atoms with E-state index in [4.69, 9.17) is 10.1 Å². The van der Waals surface area contributed by atoms with E-state index in [0.29, 0.717) is 5.56 Å². The van der Waals surface area contributed by atoms with Crippen LogP contribution in [-0.2, 0) is 36.7 Å². The number of aliphatic hydroxyl groups excluding tert-OH is 1. The molecule has 0 atom stereocenters. The molecular weight excluding hydrogens is 870 g/mol. The Morgan fingerprint density at radius 1 is 1.02 bits per heavy atom. The number of aliphatic hydroxyl groups is 1. The van der Waals surface area contributed by atoms with Gasteiger partial charge in [-0.3, -0.25) is 9.78 Å². The molecule has 3 aromatic carbocycles. The Morgan fingerprint density at radius 2 is 1.62 bits per heavy atom. The molecule has 0 aliphatic heterocycles. The van der Waals surface area contributed by atoms with Crippen molar-refractivity contribution in [3.63, 3.8) is 0 Å². The molecule has 4 nitrogen and oxygen atoms in total. The Bertz CT molecular complexity index is 2190. The molecule has 0 saturated heterocycles. The molecule has 0 bridgehead atoms. The van der Waals surface area contributed by atoms with Gasteiger partial charge in [0.15, 0.2) is 0 Å². The summed E-state index contributed by atoms with van der Waals surface area (Å²) in [6.45, 7) is 23.7. The van der Waals surface area contributed by atoms with Crippen LogP contribution < -0.4 is 0 Å². The second-order valence-electron chi connectivity index (χ2n) is 16.2. The van der Waals surface area contributed by atoms with Gasteiger partial charge in [0.25, 0.3) is 5.78 Å². The zero-order valence-electron chi connectivity index (χ0n) is 32.3. The maximum atomic E-state index is 11.6. The molecule has 5 aromatic rings. The average Bonchev–Trinajstić information content (AvgIpc) is 3.34. The summed E-state index contributed by atoms with van der Waals surface area (Å²) in [6.07, 6.45) is -1.82. The normalized spacial score (nSPS) is 12.4. The molecule has 0 spiro atoms. The van der Waals surface area contributed by atoms with E-state index in [1.54, 1.807) is 31.4 Å².